The summed E-state index contributed by atoms with van der Waals surface area (Å²) < 4.78 is 0. The minimum Gasteiger partial charge on any atom is -0.394 e. The molecule has 0 aliphatic heterocycles. The van der Waals surface area contributed by atoms with Crippen molar-refractivity contribution < 1.29 is 0 Å². The number of fused-ring (bicyclic) bond motifs is 1. The Morgan fingerprint density at radius 1 is 0.931 bits per heavy atom. The molecule has 0 saturated heterocycles. The lowest BCUT2D eigenvalue weighted by Gasteiger charge is -2.57. The fraction of sp³-hybridized carbons (Fsp3) is 0.435. The van der Waals surface area contributed by atoms with Crippen molar-refractivity contribution in [1.29, 1.82) is 0 Å². The van der Waals surface area contributed by atoms with Crippen LogP contribution in [0.15, 0.2) is 52.8 Å². The average molecular weight is 404 g/mol. The van der Waals surface area contributed by atoms with Crippen molar-refractivity contribution >= 4 is 34.2 Å². The minimum atomic E-state index is 0.181. The molecule has 4 aliphatic carbocycles. The Hall–Kier alpha value is -2.34. The van der Waals surface area contributed by atoms with Crippen LogP contribution in [0.25, 0.3) is 10.9 Å². The summed E-state index contributed by atoms with van der Waals surface area (Å²) in [5, 5.41) is 5.73. The number of rotatable bonds is 4. The topological polar surface area (TPSA) is 76.7 Å². The third kappa shape index (κ3) is 3.05. The van der Waals surface area contributed by atoms with E-state index in [1.165, 1.54) is 38.5 Å². The number of hydrogen-bond donors (Lipinski definition) is 2. The molecule has 2 aromatic heterocycles. The highest BCUT2D eigenvalue weighted by Crippen LogP contribution is 2.56. The first-order valence-corrected chi connectivity index (χ1v) is 11.4. The molecule has 3 aromatic rings. The van der Waals surface area contributed by atoms with Gasteiger partial charge >= 0.3 is 0 Å². The molecule has 4 saturated carbocycles. The third-order valence-electron chi connectivity index (χ3n) is 7.07. The fourth-order valence-electron chi connectivity index (χ4n) is 6.34. The predicted molar refractivity (Wildman–Crippen MR) is 117 cm³/mol. The molecule has 5 nitrogen and oxygen atoms in total. The van der Waals surface area contributed by atoms with Crippen LogP contribution in [-0.2, 0) is 0 Å². The molecule has 7 rings (SSSR count). The number of aromatic nitrogens is 3. The molecule has 2 heterocycles. The predicted octanol–water partition coefficient (Wildman–Crippen LogP) is 5.14. The summed E-state index contributed by atoms with van der Waals surface area (Å²) in [6, 6.07) is 10.3. The Kier molecular flexibility index (Phi) is 3.98. The van der Waals surface area contributed by atoms with Crippen LogP contribution >= 0.6 is 11.8 Å². The number of nitrogens with one attached hydrogen (secondary N) is 1. The van der Waals surface area contributed by atoms with Gasteiger partial charge in [0.1, 0.15) is 17.0 Å². The quantitative estimate of drug-likeness (QED) is 0.588. The van der Waals surface area contributed by atoms with Gasteiger partial charge in [-0.2, -0.15) is 0 Å². The zero-order valence-electron chi connectivity index (χ0n) is 16.3. The van der Waals surface area contributed by atoms with E-state index >= 15 is 0 Å². The molecule has 148 valence electrons. The van der Waals surface area contributed by atoms with Crippen LogP contribution in [0.1, 0.15) is 38.5 Å². The van der Waals surface area contributed by atoms with E-state index in [2.05, 4.69) is 44.5 Å². The molecular formula is C23H25N5S. The Morgan fingerprint density at radius 3 is 2.41 bits per heavy atom. The summed E-state index contributed by atoms with van der Waals surface area (Å²) in [6.07, 6.45) is 11.5. The number of hydrogen-bond acceptors (Lipinski definition) is 6. The molecule has 0 atom stereocenters. The van der Waals surface area contributed by atoms with Crippen LogP contribution < -0.4 is 11.1 Å². The highest BCUT2D eigenvalue weighted by atomic mass is 32.2. The highest BCUT2D eigenvalue weighted by molar-refractivity contribution is 7.99. The Bertz CT molecular complexity index is 1040. The van der Waals surface area contributed by atoms with Gasteiger partial charge in [0.05, 0.1) is 5.52 Å². The van der Waals surface area contributed by atoms with Crippen molar-refractivity contribution in [1.82, 2.24) is 15.0 Å². The van der Waals surface area contributed by atoms with E-state index in [1.54, 1.807) is 18.1 Å². The summed E-state index contributed by atoms with van der Waals surface area (Å²) >= 11 is 1.57. The monoisotopic (exact) mass is 403 g/mol. The van der Waals surface area contributed by atoms with Crippen LogP contribution in [-0.4, -0.2) is 20.5 Å². The summed E-state index contributed by atoms with van der Waals surface area (Å²) in [6.45, 7) is 0. The van der Waals surface area contributed by atoms with Crippen LogP contribution in [0.3, 0.4) is 0 Å². The molecule has 0 spiro atoms. The zero-order chi connectivity index (χ0) is 19.4. The van der Waals surface area contributed by atoms with Gasteiger partial charge < -0.3 is 11.1 Å². The van der Waals surface area contributed by atoms with E-state index in [4.69, 9.17) is 5.73 Å². The number of nitrogens with two attached hydrogens (primary N) is 1. The molecule has 0 radical (unpaired) electrons. The van der Waals surface area contributed by atoms with Gasteiger partial charge in [-0.1, -0.05) is 30.0 Å². The van der Waals surface area contributed by atoms with Crippen LogP contribution in [0.2, 0.25) is 0 Å². The largest absolute Gasteiger partial charge is 0.394 e. The third-order valence-corrected chi connectivity index (χ3v) is 8.14. The van der Waals surface area contributed by atoms with Crippen molar-refractivity contribution in [2.75, 3.05) is 11.1 Å². The van der Waals surface area contributed by atoms with Gasteiger partial charge in [0.2, 0.25) is 0 Å². The van der Waals surface area contributed by atoms with Gasteiger partial charge in [-0.3, -0.25) is 4.98 Å². The van der Waals surface area contributed by atoms with E-state index < -0.39 is 0 Å². The van der Waals surface area contributed by atoms with Crippen molar-refractivity contribution in [3.05, 3.63) is 42.9 Å². The standard InChI is InChI=1S/C23H25N5S/c24-19-21(28-23-10-14-7-15(11-23)9-16(8-14)12-23)26-13-27-22(19)29-18-5-1-3-17-4-2-6-25-20(17)18/h1-6,13-16H,7-12,24H2,(H,26,27,28). The van der Waals surface area contributed by atoms with E-state index in [1.807, 2.05) is 12.3 Å². The summed E-state index contributed by atoms with van der Waals surface area (Å²) in [4.78, 5) is 14.7. The maximum absolute atomic E-state index is 6.58. The van der Waals surface area contributed by atoms with E-state index in [9.17, 15) is 0 Å². The SMILES string of the molecule is Nc1c(NC23CC4CC(CC(C4)C2)C3)ncnc1Sc1cccc2cccnc12. The number of para-hydroxylation sites is 1. The van der Waals surface area contributed by atoms with E-state index in [-0.39, 0.29) is 5.54 Å². The van der Waals surface area contributed by atoms with Gasteiger partial charge in [0, 0.05) is 22.0 Å². The first kappa shape index (κ1) is 17.5. The lowest BCUT2D eigenvalue weighted by Crippen LogP contribution is -2.55. The zero-order valence-corrected chi connectivity index (χ0v) is 17.2. The number of nitrogens with zero attached hydrogens (tertiary/aromatic N) is 3. The molecule has 29 heavy (non-hydrogen) atoms. The van der Waals surface area contributed by atoms with Gasteiger partial charge in [-0.05, 0) is 68.4 Å². The Morgan fingerprint density at radius 2 is 1.66 bits per heavy atom. The van der Waals surface area contributed by atoms with E-state index in [0.717, 1.165) is 44.4 Å². The second-order valence-corrected chi connectivity index (χ2v) is 10.2. The lowest BCUT2D eigenvalue weighted by molar-refractivity contribution is 0.0105. The maximum atomic E-state index is 6.58. The van der Waals surface area contributed by atoms with Crippen LogP contribution in [0, 0.1) is 17.8 Å². The maximum Gasteiger partial charge on any atom is 0.154 e. The van der Waals surface area contributed by atoms with Gasteiger partial charge in [-0.25, -0.2) is 9.97 Å². The summed E-state index contributed by atoms with van der Waals surface area (Å²) in [5.74, 6) is 3.45. The second-order valence-electron chi connectivity index (χ2n) is 9.20. The van der Waals surface area contributed by atoms with Crippen LogP contribution in [0.4, 0.5) is 11.5 Å². The van der Waals surface area contributed by atoms with Gasteiger partial charge in [-0.15, -0.1) is 0 Å². The molecule has 3 N–H and O–H groups in total. The molecule has 4 bridgehead atoms. The number of nitrogen functional groups attached to an aromatic ring is 1. The first-order valence-electron chi connectivity index (χ1n) is 10.6. The van der Waals surface area contributed by atoms with Gasteiger partial charge in [0.15, 0.2) is 5.82 Å². The molecular weight excluding hydrogens is 378 g/mol. The molecule has 0 amide bonds. The van der Waals surface area contributed by atoms with Gasteiger partial charge in [0.25, 0.3) is 0 Å². The normalized spacial score (nSPS) is 30.0. The second kappa shape index (κ2) is 6.59. The smallest absolute Gasteiger partial charge is 0.154 e. The fourth-order valence-corrected chi connectivity index (χ4v) is 7.27. The van der Waals surface area contributed by atoms with Crippen molar-refractivity contribution in [3.63, 3.8) is 0 Å². The van der Waals surface area contributed by atoms with Crippen molar-refractivity contribution in [3.8, 4) is 0 Å². The van der Waals surface area contributed by atoms with E-state index in [0.29, 0.717) is 5.69 Å². The van der Waals surface area contributed by atoms with Crippen molar-refractivity contribution in [2.45, 2.75) is 54.0 Å². The van der Waals surface area contributed by atoms with Crippen LogP contribution in [0.5, 0.6) is 0 Å². The Labute approximate surface area is 174 Å². The highest BCUT2D eigenvalue weighted by Gasteiger charge is 2.51. The molecule has 4 fully saturated rings. The summed E-state index contributed by atoms with van der Waals surface area (Å²) in [7, 11) is 0. The van der Waals surface area contributed by atoms with Crippen molar-refractivity contribution in [2.24, 2.45) is 17.8 Å². The number of benzene rings is 1. The molecule has 0 unspecified atom stereocenters. The molecule has 6 heteroatoms. The average Bonchev–Trinajstić information content (AvgIpc) is 2.70. The first-order chi connectivity index (χ1) is 14.2. The molecule has 4 aliphatic rings. The number of pyridine rings is 1. The Balaban J connectivity index is 1.31. The molecule has 1 aromatic carbocycles. The summed E-state index contributed by atoms with van der Waals surface area (Å²) in [5.41, 5.74) is 8.39. The number of anilines is 2. The lowest BCUT2D eigenvalue weighted by atomic mass is 9.53. The minimum absolute atomic E-state index is 0.181.